The van der Waals surface area contributed by atoms with Crippen LogP contribution in [0.5, 0.6) is 0 Å². The molecule has 3 heterocycles. The molecule has 1 aromatic rings. The second-order valence-corrected chi connectivity index (χ2v) is 6.34. The van der Waals surface area contributed by atoms with Gasteiger partial charge in [-0.25, -0.2) is 4.98 Å². The first-order chi connectivity index (χ1) is 10.6. The van der Waals surface area contributed by atoms with Gasteiger partial charge in [0.15, 0.2) is 0 Å². The molecule has 3 rings (SSSR count). The molecular weight excluding hydrogens is 274 g/mol. The molecule has 4 N–H and O–H groups in total. The van der Waals surface area contributed by atoms with Crippen LogP contribution in [0.4, 0.5) is 0 Å². The van der Waals surface area contributed by atoms with Crippen molar-refractivity contribution >= 4 is 11.4 Å². The number of dihydropyridines is 1. The van der Waals surface area contributed by atoms with E-state index in [4.69, 9.17) is 10.7 Å². The van der Waals surface area contributed by atoms with E-state index in [1.807, 2.05) is 12.4 Å². The van der Waals surface area contributed by atoms with Crippen molar-refractivity contribution < 1.29 is 0 Å². The Kier molecular flexibility index (Phi) is 3.96. The largest absolute Gasteiger partial charge is 0.383 e. The SMILES string of the molecule is CCCCc1nc2c(n1CC(C)C)=C1C=CNC=C1NC=2N. The average Bonchev–Trinajstić information content (AvgIpc) is 2.84. The third-order valence-corrected chi connectivity index (χ3v) is 3.99. The van der Waals surface area contributed by atoms with Crippen LogP contribution in [0.15, 0.2) is 24.2 Å². The zero-order valence-electron chi connectivity index (χ0n) is 13.6. The topological polar surface area (TPSA) is 67.9 Å². The van der Waals surface area contributed by atoms with Crippen LogP contribution in [0.3, 0.4) is 0 Å². The Morgan fingerprint density at radius 3 is 2.91 bits per heavy atom. The van der Waals surface area contributed by atoms with Gasteiger partial charge in [0.2, 0.25) is 0 Å². The molecular formula is C17H25N5. The summed E-state index contributed by atoms with van der Waals surface area (Å²) in [6.07, 6.45) is 9.31. The van der Waals surface area contributed by atoms with Gasteiger partial charge in [0.05, 0.1) is 11.0 Å². The van der Waals surface area contributed by atoms with E-state index in [0.29, 0.717) is 11.7 Å². The molecule has 2 aliphatic heterocycles. The second kappa shape index (κ2) is 5.91. The van der Waals surface area contributed by atoms with E-state index in [1.54, 1.807) is 0 Å². The zero-order valence-corrected chi connectivity index (χ0v) is 13.6. The molecule has 5 nitrogen and oxygen atoms in total. The van der Waals surface area contributed by atoms with Crippen LogP contribution in [0.1, 0.15) is 39.4 Å². The van der Waals surface area contributed by atoms with Crippen LogP contribution in [-0.4, -0.2) is 9.55 Å². The molecule has 0 spiro atoms. The smallest absolute Gasteiger partial charge is 0.130 e. The number of nitrogens with two attached hydrogens (primary N) is 1. The van der Waals surface area contributed by atoms with Crippen molar-refractivity contribution in [3.05, 3.63) is 40.7 Å². The Morgan fingerprint density at radius 1 is 1.36 bits per heavy atom. The van der Waals surface area contributed by atoms with Gasteiger partial charge in [0.25, 0.3) is 0 Å². The molecule has 0 unspecified atom stereocenters. The molecule has 0 aliphatic carbocycles. The van der Waals surface area contributed by atoms with E-state index in [-0.39, 0.29) is 0 Å². The first-order valence-corrected chi connectivity index (χ1v) is 8.11. The average molecular weight is 299 g/mol. The summed E-state index contributed by atoms with van der Waals surface area (Å²) in [5, 5.41) is 8.41. The fourth-order valence-corrected chi connectivity index (χ4v) is 2.99. The third kappa shape index (κ3) is 2.51. The van der Waals surface area contributed by atoms with Crippen LogP contribution in [0, 0.1) is 5.92 Å². The maximum atomic E-state index is 6.22. The highest BCUT2D eigenvalue weighted by Crippen LogP contribution is 2.14. The van der Waals surface area contributed by atoms with E-state index in [2.05, 4.69) is 42.0 Å². The second-order valence-electron chi connectivity index (χ2n) is 6.34. The Labute approximate surface area is 131 Å². The summed E-state index contributed by atoms with van der Waals surface area (Å²) in [5.74, 6) is 2.35. The van der Waals surface area contributed by atoms with Crippen molar-refractivity contribution in [1.82, 2.24) is 20.2 Å². The number of fused-ring (bicyclic) bond motifs is 2. The predicted octanol–water partition coefficient (Wildman–Crippen LogP) is 0.618. The van der Waals surface area contributed by atoms with E-state index in [9.17, 15) is 0 Å². The van der Waals surface area contributed by atoms with Crippen molar-refractivity contribution in [3.8, 4) is 0 Å². The zero-order chi connectivity index (χ0) is 15.7. The number of imidazole rings is 1. The molecule has 5 heteroatoms. The summed E-state index contributed by atoms with van der Waals surface area (Å²) >= 11 is 0. The first-order valence-electron chi connectivity index (χ1n) is 8.11. The molecule has 0 amide bonds. The van der Waals surface area contributed by atoms with Crippen molar-refractivity contribution in [2.75, 3.05) is 0 Å². The van der Waals surface area contributed by atoms with Crippen molar-refractivity contribution in [2.45, 2.75) is 46.6 Å². The summed E-state index contributed by atoms with van der Waals surface area (Å²) in [4.78, 5) is 4.85. The molecule has 0 saturated heterocycles. The fourth-order valence-electron chi connectivity index (χ4n) is 2.99. The quantitative estimate of drug-likeness (QED) is 0.745. The summed E-state index contributed by atoms with van der Waals surface area (Å²) in [6.45, 7) is 7.66. The van der Waals surface area contributed by atoms with Gasteiger partial charge in [-0.2, -0.15) is 0 Å². The lowest BCUT2D eigenvalue weighted by Gasteiger charge is -2.20. The maximum Gasteiger partial charge on any atom is 0.130 e. The van der Waals surface area contributed by atoms with Crippen LogP contribution in [-0.2, 0) is 13.0 Å². The van der Waals surface area contributed by atoms with E-state index < -0.39 is 0 Å². The molecule has 22 heavy (non-hydrogen) atoms. The Bertz CT molecular complexity index is 749. The summed E-state index contributed by atoms with van der Waals surface area (Å²) < 4.78 is 2.36. The summed E-state index contributed by atoms with van der Waals surface area (Å²) in [7, 11) is 0. The van der Waals surface area contributed by atoms with Gasteiger partial charge < -0.3 is 20.9 Å². The monoisotopic (exact) mass is 299 g/mol. The van der Waals surface area contributed by atoms with E-state index in [1.165, 1.54) is 12.0 Å². The number of rotatable bonds is 5. The number of aryl methyl sites for hydroxylation is 1. The van der Waals surface area contributed by atoms with Gasteiger partial charge in [-0.05, 0) is 18.4 Å². The van der Waals surface area contributed by atoms with Crippen molar-refractivity contribution in [2.24, 2.45) is 11.7 Å². The number of hydrogen-bond donors (Lipinski definition) is 3. The van der Waals surface area contributed by atoms with Gasteiger partial charge >= 0.3 is 0 Å². The number of allylic oxidation sites excluding steroid dienone is 1. The molecule has 0 aromatic carbocycles. The number of aromatic nitrogens is 2. The number of nitrogens with zero attached hydrogens (tertiary/aromatic N) is 2. The van der Waals surface area contributed by atoms with Gasteiger partial charge in [0, 0.05) is 30.9 Å². The highest BCUT2D eigenvalue weighted by molar-refractivity contribution is 5.76. The first kappa shape index (κ1) is 14.8. The van der Waals surface area contributed by atoms with Crippen LogP contribution >= 0.6 is 0 Å². The van der Waals surface area contributed by atoms with Crippen LogP contribution in [0.25, 0.3) is 11.4 Å². The molecule has 0 saturated carbocycles. The molecule has 0 fully saturated rings. The van der Waals surface area contributed by atoms with Crippen molar-refractivity contribution in [1.29, 1.82) is 0 Å². The minimum absolute atomic E-state index is 0.563. The van der Waals surface area contributed by atoms with Crippen molar-refractivity contribution in [3.63, 3.8) is 0 Å². The summed E-state index contributed by atoms with van der Waals surface area (Å²) in [5.41, 5.74) is 8.40. The lowest BCUT2D eigenvalue weighted by molar-refractivity contribution is 0.494. The Balaban J connectivity index is 2.27. The molecule has 0 bridgehead atoms. The van der Waals surface area contributed by atoms with Crippen LogP contribution in [0.2, 0.25) is 0 Å². The molecule has 0 radical (unpaired) electrons. The van der Waals surface area contributed by atoms with E-state index in [0.717, 1.165) is 41.6 Å². The molecule has 2 aliphatic rings. The molecule has 0 atom stereocenters. The van der Waals surface area contributed by atoms with Crippen LogP contribution < -0.4 is 27.1 Å². The molecule has 1 aromatic heterocycles. The van der Waals surface area contributed by atoms with E-state index >= 15 is 0 Å². The number of hydrogen-bond acceptors (Lipinski definition) is 4. The summed E-state index contributed by atoms with van der Waals surface area (Å²) in [6, 6.07) is 0. The minimum atomic E-state index is 0.563. The number of nitrogens with one attached hydrogen (secondary N) is 2. The lowest BCUT2D eigenvalue weighted by Crippen LogP contribution is -2.45. The van der Waals surface area contributed by atoms with Gasteiger partial charge in [-0.3, -0.25) is 0 Å². The Hall–Kier alpha value is -2.17. The molecule has 118 valence electrons. The third-order valence-electron chi connectivity index (χ3n) is 3.99. The lowest BCUT2D eigenvalue weighted by atomic mass is 10.1. The highest BCUT2D eigenvalue weighted by Gasteiger charge is 2.20. The predicted molar refractivity (Wildman–Crippen MR) is 89.4 cm³/mol. The normalized spacial score (nSPS) is 16.1. The van der Waals surface area contributed by atoms with Gasteiger partial charge in [0.1, 0.15) is 17.0 Å². The number of unbranched alkanes of at least 4 members (excludes halogenated alkanes) is 1. The maximum absolute atomic E-state index is 6.22. The highest BCUT2D eigenvalue weighted by atomic mass is 15.1. The Morgan fingerprint density at radius 2 is 2.18 bits per heavy atom. The fraction of sp³-hybridized carbons (Fsp3) is 0.471. The van der Waals surface area contributed by atoms with Gasteiger partial charge in [-0.15, -0.1) is 0 Å². The standard InChI is InChI=1S/C17H25N5/c1-4-5-6-14-21-15-16(22(14)10-11(2)3)12-7-8-19-9-13(12)20-17(15)18/h7-9,11,19-20H,4-6,10,18H2,1-3H3. The minimum Gasteiger partial charge on any atom is -0.383 e. The van der Waals surface area contributed by atoms with Gasteiger partial charge in [-0.1, -0.05) is 27.2 Å².